The second-order valence-electron chi connectivity index (χ2n) is 4.70. The zero-order chi connectivity index (χ0) is 15.4. The third-order valence-electron chi connectivity index (χ3n) is 3.05. The van der Waals surface area contributed by atoms with Gasteiger partial charge in [0, 0.05) is 24.5 Å². The second-order valence-corrected chi connectivity index (χ2v) is 6.14. The largest absolute Gasteiger partial charge is 0.362 e. The van der Waals surface area contributed by atoms with E-state index in [1.165, 1.54) is 0 Å². The van der Waals surface area contributed by atoms with Gasteiger partial charge in [0.25, 0.3) is 0 Å². The quantitative estimate of drug-likeness (QED) is 0.734. The molecule has 6 heteroatoms. The highest BCUT2D eigenvalue weighted by molar-refractivity contribution is 7.18. The lowest BCUT2D eigenvalue weighted by molar-refractivity contribution is 0.976. The van der Waals surface area contributed by atoms with Gasteiger partial charge in [-0.1, -0.05) is 42.0 Å². The fourth-order valence-electron chi connectivity index (χ4n) is 1.97. The molecule has 22 heavy (non-hydrogen) atoms. The molecular weight excluding hydrogens is 316 g/mol. The lowest BCUT2D eigenvalue weighted by Crippen LogP contribution is -1.97. The van der Waals surface area contributed by atoms with E-state index in [1.807, 2.05) is 36.5 Å². The maximum absolute atomic E-state index is 6.22. The summed E-state index contributed by atoms with van der Waals surface area (Å²) in [6.45, 7) is 3.05. The van der Waals surface area contributed by atoms with E-state index in [2.05, 4.69) is 27.2 Å². The molecule has 0 saturated carbocycles. The lowest BCUT2D eigenvalue weighted by Gasteiger charge is -2.04. The summed E-state index contributed by atoms with van der Waals surface area (Å²) in [5, 5.41) is 4.84. The molecule has 0 unspecified atom stereocenters. The maximum atomic E-state index is 6.22. The number of anilines is 1. The molecule has 0 amide bonds. The van der Waals surface area contributed by atoms with Crippen molar-refractivity contribution in [3.05, 3.63) is 47.7 Å². The molecule has 0 aliphatic carbocycles. The molecule has 0 aliphatic heterocycles. The van der Waals surface area contributed by atoms with Crippen LogP contribution in [0.2, 0.25) is 5.02 Å². The number of aromatic nitrogens is 3. The van der Waals surface area contributed by atoms with Crippen LogP contribution in [0.15, 0.2) is 42.7 Å². The van der Waals surface area contributed by atoms with Gasteiger partial charge in [-0.2, -0.15) is 0 Å². The molecule has 3 aromatic rings. The van der Waals surface area contributed by atoms with Crippen molar-refractivity contribution < 1.29 is 0 Å². The molecule has 0 spiro atoms. The second kappa shape index (κ2) is 6.85. The Kier molecular flexibility index (Phi) is 4.65. The van der Waals surface area contributed by atoms with Crippen molar-refractivity contribution in [3.8, 4) is 22.0 Å². The number of thiazole rings is 1. The Morgan fingerprint density at radius 1 is 1.18 bits per heavy atom. The van der Waals surface area contributed by atoms with Crippen molar-refractivity contribution in [3.63, 3.8) is 0 Å². The van der Waals surface area contributed by atoms with Gasteiger partial charge in [0.2, 0.25) is 0 Å². The fourth-order valence-corrected chi connectivity index (χ4v) is 3.01. The first-order chi connectivity index (χ1) is 10.8. The minimum Gasteiger partial charge on any atom is -0.362 e. The molecule has 1 aromatic carbocycles. The number of halogens is 1. The number of hydrogen-bond acceptors (Lipinski definition) is 5. The first kappa shape index (κ1) is 14.9. The molecule has 2 aromatic heterocycles. The SMILES string of the molecule is CCCNc1ncc(-c2ccnc(-c3ccccc3Cl)n2)s1. The summed E-state index contributed by atoms with van der Waals surface area (Å²) in [5.41, 5.74) is 1.69. The van der Waals surface area contributed by atoms with Crippen molar-refractivity contribution in [1.82, 2.24) is 15.0 Å². The number of nitrogens with zero attached hydrogens (tertiary/aromatic N) is 3. The molecule has 0 atom stereocenters. The molecule has 2 heterocycles. The summed E-state index contributed by atoms with van der Waals surface area (Å²) in [6, 6.07) is 9.47. The van der Waals surface area contributed by atoms with Gasteiger partial charge in [-0.15, -0.1) is 0 Å². The van der Waals surface area contributed by atoms with Crippen LogP contribution < -0.4 is 5.32 Å². The monoisotopic (exact) mass is 330 g/mol. The van der Waals surface area contributed by atoms with Crippen LogP contribution in [0.25, 0.3) is 22.0 Å². The number of rotatable bonds is 5. The molecule has 112 valence electrons. The number of nitrogens with one attached hydrogen (secondary N) is 1. The van der Waals surface area contributed by atoms with Crippen molar-refractivity contribution in [2.75, 3.05) is 11.9 Å². The Bertz CT molecular complexity index is 772. The van der Waals surface area contributed by atoms with Crippen LogP contribution in [0.3, 0.4) is 0 Å². The molecule has 3 rings (SSSR count). The smallest absolute Gasteiger partial charge is 0.183 e. The van der Waals surface area contributed by atoms with Gasteiger partial charge in [-0.05, 0) is 24.6 Å². The molecule has 0 bridgehead atoms. The van der Waals surface area contributed by atoms with Crippen LogP contribution >= 0.6 is 22.9 Å². The summed E-state index contributed by atoms with van der Waals surface area (Å²) in [6.07, 6.45) is 4.65. The van der Waals surface area contributed by atoms with Crippen LogP contribution in [0.5, 0.6) is 0 Å². The fraction of sp³-hybridized carbons (Fsp3) is 0.188. The van der Waals surface area contributed by atoms with Gasteiger partial charge in [0.1, 0.15) is 0 Å². The summed E-state index contributed by atoms with van der Waals surface area (Å²) in [7, 11) is 0. The Balaban J connectivity index is 1.91. The first-order valence-electron chi connectivity index (χ1n) is 7.06. The predicted molar refractivity (Wildman–Crippen MR) is 92.4 cm³/mol. The van der Waals surface area contributed by atoms with Crippen LogP contribution in [0, 0.1) is 0 Å². The maximum Gasteiger partial charge on any atom is 0.183 e. The molecule has 1 N–H and O–H groups in total. The van der Waals surface area contributed by atoms with Crippen LogP contribution in [0.1, 0.15) is 13.3 Å². The van der Waals surface area contributed by atoms with Gasteiger partial charge in [0.05, 0.1) is 15.6 Å². The van der Waals surface area contributed by atoms with Gasteiger partial charge in [-0.3, -0.25) is 0 Å². The molecule has 0 saturated heterocycles. The third kappa shape index (κ3) is 3.26. The van der Waals surface area contributed by atoms with Crippen molar-refractivity contribution in [2.24, 2.45) is 0 Å². The van der Waals surface area contributed by atoms with Crippen molar-refractivity contribution in [1.29, 1.82) is 0 Å². The highest BCUT2D eigenvalue weighted by atomic mass is 35.5. The first-order valence-corrected chi connectivity index (χ1v) is 8.25. The minimum absolute atomic E-state index is 0.625. The Hall–Kier alpha value is -1.98. The average Bonchev–Trinajstić information content (AvgIpc) is 3.02. The van der Waals surface area contributed by atoms with E-state index < -0.39 is 0 Å². The zero-order valence-corrected chi connectivity index (χ0v) is 13.7. The Labute approximate surface area is 138 Å². The van der Waals surface area contributed by atoms with Gasteiger partial charge in [-0.25, -0.2) is 15.0 Å². The van der Waals surface area contributed by atoms with Gasteiger partial charge in [0.15, 0.2) is 11.0 Å². The lowest BCUT2D eigenvalue weighted by atomic mass is 10.2. The summed E-state index contributed by atoms with van der Waals surface area (Å²) in [5.74, 6) is 0.625. The van der Waals surface area contributed by atoms with Crippen molar-refractivity contribution in [2.45, 2.75) is 13.3 Å². The highest BCUT2D eigenvalue weighted by Crippen LogP contribution is 2.30. The Morgan fingerprint density at radius 2 is 2.05 bits per heavy atom. The van der Waals surface area contributed by atoms with E-state index in [9.17, 15) is 0 Å². The zero-order valence-electron chi connectivity index (χ0n) is 12.1. The standard InChI is InChI=1S/C16H15ClN4S/c1-2-8-19-16-20-10-14(22-16)13-7-9-18-15(21-13)11-5-3-4-6-12(11)17/h3-7,9-10H,2,8H2,1H3,(H,19,20). The minimum atomic E-state index is 0.625. The highest BCUT2D eigenvalue weighted by Gasteiger charge is 2.10. The van der Waals surface area contributed by atoms with Gasteiger partial charge >= 0.3 is 0 Å². The normalized spacial score (nSPS) is 10.6. The van der Waals surface area contributed by atoms with Crippen LogP contribution in [0.4, 0.5) is 5.13 Å². The van der Waals surface area contributed by atoms with Crippen LogP contribution in [-0.4, -0.2) is 21.5 Å². The average molecular weight is 331 g/mol. The number of hydrogen-bond donors (Lipinski definition) is 1. The van der Waals surface area contributed by atoms with Gasteiger partial charge < -0.3 is 5.32 Å². The molecule has 0 fully saturated rings. The Morgan fingerprint density at radius 3 is 2.86 bits per heavy atom. The van der Waals surface area contributed by atoms with E-state index >= 15 is 0 Å². The van der Waals surface area contributed by atoms with Crippen LogP contribution in [-0.2, 0) is 0 Å². The topological polar surface area (TPSA) is 50.7 Å². The summed E-state index contributed by atoms with van der Waals surface area (Å²) < 4.78 is 0. The van der Waals surface area contributed by atoms with E-state index in [4.69, 9.17) is 11.6 Å². The molecule has 0 aliphatic rings. The van der Waals surface area contributed by atoms with E-state index in [0.717, 1.165) is 34.2 Å². The summed E-state index contributed by atoms with van der Waals surface area (Å²) in [4.78, 5) is 14.3. The molecule has 0 radical (unpaired) electrons. The third-order valence-corrected chi connectivity index (χ3v) is 4.36. The van der Waals surface area contributed by atoms with E-state index in [-0.39, 0.29) is 0 Å². The van der Waals surface area contributed by atoms with E-state index in [0.29, 0.717) is 10.8 Å². The van der Waals surface area contributed by atoms with E-state index in [1.54, 1.807) is 17.5 Å². The number of benzene rings is 1. The summed E-state index contributed by atoms with van der Waals surface area (Å²) >= 11 is 7.81. The van der Waals surface area contributed by atoms with Crippen molar-refractivity contribution >= 4 is 28.1 Å². The predicted octanol–water partition coefficient (Wildman–Crippen LogP) is 4.74. The molecule has 4 nitrogen and oxygen atoms in total. The molecular formula is C16H15ClN4S.